The lowest BCUT2D eigenvalue weighted by molar-refractivity contribution is 0.0951. The van der Waals surface area contributed by atoms with Crippen LogP contribution in [-0.2, 0) is 18.0 Å². The molecule has 5 heteroatoms. The molecule has 0 saturated heterocycles. The quantitative estimate of drug-likeness (QED) is 0.468. The predicted molar refractivity (Wildman–Crippen MR) is 84.2 cm³/mol. The first-order chi connectivity index (χ1) is 10.7. The molecule has 0 unspecified atom stereocenters. The number of carbonyl (C=O) groups excluding carboxylic acids is 1. The number of carbonyl (C=O) groups is 1. The topological polar surface area (TPSA) is 73.6 Å². The number of hydrogen-bond acceptors (Lipinski definition) is 4. The van der Waals surface area contributed by atoms with Crippen LogP contribution in [0.25, 0.3) is 0 Å². The van der Waals surface area contributed by atoms with Crippen molar-refractivity contribution in [2.24, 2.45) is 5.84 Å². The maximum Gasteiger partial charge on any atom is 0.265 e. The second-order valence-electron chi connectivity index (χ2n) is 4.71. The van der Waals surface area contributed by atoms with E-state index in [-0.39, 0.29) is 5.91 Å². The van der Waals surface area contributed by atoms with Crippen LogP contribution in [0.4, 0.5) is 0 Å². The van der Waals surface area contributed by atoms with E-state index < -0.39 is 0 Å². The molecule has 0 aromatic heterocycles. The van der Waals surface area contributed by atoms with E-state index in [1.54, 1.807) is 18.2 Å². The summed E-state index contributed by atoms with van der Waals surface area (Å²) in [6.45, 7) is 3.32. The first kappa shape index (κ1) is 16.0. The van der Waals surface area contributed by atoms with Crippen LogP contribution in [0.5, 0.6) is 5.75 Å². The number of hydrogen-bond donors (Lipinski definition) is 2. The Kier molecular flexibility index (Phi) is 5.94. The zero-order valence-corrected chi connectivity index (χ0v) is 12.5. The molecule has 0 aliphatic rings. The first-order valence-electron chi connectivity index (χ1n) is 7.13. The summed E-state index contributed by atoms with van der Waals surface area (Å²) in [5.41, 5.74) is 4.51. The minimum atomic E-state index is -0.340. The van der Waals surface area contributed by atoms with Gasteiger partial charge in [-0.2, -0.15) is 0 Å². The van der Waals surface area contributed by atoms with Crippen molar-refractivity contribution in [2.45, 2.75) is 20.1 Å². The lowest BCUT2D eigenvalue weighted by Crippen LogP contribution is -2.30. The average molecular weight is 300 g/mol. The Bertz CT molecular complexity index is 615. The van der Waals surface area contributed by atoms with E-state index >= 15 is 0 Å². The van der Waals surface area contributed by atoms with Gasteiger partial charge in [-0.15, -0.1) is 0 Å². The molecule has 3 N–H and O–H groups in total. The molecule has 0 saturated carbocycles. The van der Waals surface area contributed by atoms with E-state index in [9.17, 15) is 4.79 Å². The zero-order valence-electron chi connectivity index (χ0n) is 12.5. The van der Waals surface area contributed by atoms with Crippen molar-refractivity contribution in [3.8, 4) is 5.75 Å². The third-order valence-corrected chi connectivity index (χ3v) is 3.12. The van der Waals surface area contributed by atoms with Gasteiger partial charge in [-0.05, 0) is 30.7 Å². The summed E-state index contributed by atoms with van der Waals surface area (Å²) < 4.78 is 11.3. The SMILES string of the molecule is CCOc1ccc(C(=O)NN)cc1COCc1ccccc1. The van der Waals surface area contributed by atoms with Gasteiger partial charge in [0.05, 0.1) is 19.8 Å². The lowest BCUT2D eigenvalue weighted by atomic mass is 10.1. The highest BCUT2D eigenvalue weighted by atomic mass is 16.5. The Morgan fingerprint density at radius 3 is 2.59 bits per heavy atom. The maximum atomic E-state index is 11.6. The van der Waals surface area contributed by atoms with E-state index in [2.05, 4.69) is 5.43 Å². The van der Waals surface area contributed by atoms with Crippen molar-refractivity contribution in [3.63, 3.8) is 0 Å². The smallest absolute Gasteiger partial charge is 0.265 e. The van der Waals surface area contributed by atoms with Crippen molar-refractivity contribution in [3.05, 3.63) is 65.2 Å². The summed E-state index contributed by atoms with van der Waals surface area (Å²) >= 11 is 0. The number of benzene rings is 2. The van der Waals surface area contributed by atoms with Crippen molar-refractivity contribution >= 4 is 5.91 Å². The molecule has 0 aliphatic heterocycles. The Morgan fingerprint density at radius 2 is 1.91 bits per heavy atom. The van der Waals surface area contributed by atoms with E-state index in [1.165, 1.54) is 0 Å². The molecule has 0 bridgehead atoms. The number of nitrogen functional groups attached to an aromatic ring is 1. The van der Waals surface area contributed by atoms with Crippen LogP contribution in [0.15, 0.2) is 48.5 Å². The Hall–Kier alpha value is -2.37. The fraction of sp³-hybridized carbons (Fsp3) is 0.235. The molecular weight excluding hydrogens is 280 g/mol. The Balaban J connectivity index is 2.07. The third-order valence-electron chi connectivity index (χ3n) is 3.12. The van der Waals surface area contributed by atoms with Crippen LogP contribution in [-0.4, -0.2) is 12.5 Å². The molecule has 0 spiro atoms. The summed E-state index contributed by atoms with van der Waals surface area (Å²) in [4.78, 5) is 11.6. The van der Waals surface area contributed by atoms with Gasteiger partial charge in [-0.25, -0.2) is 5.84 Å². The van der Waals surface area contributed by atoms with Crippen LogP contribution in [0.1, 0.15) is 28.4 Å². The summed E-state index contributed by atoms with van der Waals surface area (Å²) in [6.07, 6.45) is 0. The van der Waals surface area contributed by atoms with Crippen molar-refractivity contribution < 1.29 is 14.3 Å². The van der Waals surface area contributed by atoms with Crippen molar-refractivity contribution in [1.29, 1.82) is 0 Å². The van der Waals surface area contributed by atoms with Gasteiger partial charge in [0.1, 0.15) is 5.75 Å². The van der Waals surface area contributed by atoms with Gasteiger partial charge >= 0.3 is 0 Å². The summed E-state index contributed by atoms with van der Waals surface area (Å²) in [7, 11) is 0. The molecule has 5 nitrogen and oxygen atoms in total. The van der Waals surface area contributed by atoms with Gasteiger partial charge < -0.3 is 9.47 Å². The number of rotatable bonds is 7. The summed E-state index contributed by atoms with van der Waals surface area (Å²) in [6, 6.07) is 15.1. The number of nitrogens with one attached hydrogen (secondary N) is 1. The predicted octanol–water partition coefficient (Wildman–Crippen LogP) is 2.41. The number of ether oxygens (including phenoxy) is 2. The largest absolute Gasteiger partial charge is 0.494 e. The normalized spacial score (nSPS) is 10.3. The highest BCUT2D eigenvalue weighted by Crippen LogP contribution is 2.22. The van der Waals surface area contributed by atoms with Crippen molar-refractivity contribution in [1.82, 2.24) is 5.43 Å². The van der Waals surface area contributed by atoms with Crippen LogP contribution < -0.4 is 16.0 Å². The van der Waals surface area contributed by atoms with Crippen LogP contribution >= 0.6 is 0 Å². The molecule has 0 heterocycles. The van der Waals surface area contributed by atoms with Gasteiger partial charge in [0, 0.05) is 11.1 Å². The number of hydrazine groups is 1. The highest BCUT2D eigenvalue weighted by molar-refractivity contribution is 5.94. The molecule has 0 fully saturated rings. The van der Waals surface area contributed by atoms with E-state index in [4.69, 9.17) is 15.3 Å². The number of nitrogens with two attached hydrogens (primary N) is 1. The van der Waals surface area contributed by atoms with E-state index in [0.717, 1.165) is 11.1 Å². The van der Waals surface area contributed by atoms with Gasteiger partial charge in [0.2, 0.25) is 0 Å². The molecule has 2 aromatic rings. The molecule has 1 amide bonds. The molecule has 116 valence electrons. The van der Waals surface area contributed by atoms with E-state index in [1.807, 2.05) is 37.3 Å². The maximum absolute atomic E-state index is 11.6. The van der Waals surface area contributed by atoms with E-state index in [0.29, 0.717) is 31.1 Å². The van der Waals surface area contributed by atoms with Crippen LogP contribution in [0.3, 0.4) is 0 Å². The molecule has 22 heavy (non-hydrogen) atoms. The minimum Gasteiger partial charge on any atom is -0.494 e. The monoisotopic (exact) mass is 300 g/mol. The second kappa shape index (κ2) is 8.17. The summed E-state index contributed by atoms with van der Waals surface area (Å²) in [5, 5.41) is 0. The Labute approximate surface area is 130 Å². The second-order valence-corrected chi connectivity index (χ2v) is 4.71. The highest BCUT2D eigenvalue weighted by Gasteiger charge is 2.10. The molecule has 2 rings (SSSR count). The van der Waals surface area contributed by atoms with Crippen LogP contribution in [0, 0.1) is 0 Å². The molecule has 0 radical (unpaired) electrons. The lowest BCUT2D eigenvalue weighted by Gasteiger charge is -2.12. The zero-order chi connectivity index (χ0) is 15.8. The molecule has 0 aliphatic carbocycles. The third kappa shape index (κ3) is 4.31. The van der Waals surface area contributed by atoms with Gasteiger partial charge in [0.15, 0.2) is 0 Å². The Morgan fingerprint density at radius 1 is 1.14 bits per heavy atom. The standard InChI is InChI=1S/C17H20N2O3/c1-2-22-16-9-8-14(17(20)19-18)10-15(16)12-21-11-13-6-4-3-5-7-13/h3-10H,2,11-12,18H2,1H3,(H,19,20). The summed E-state index contributed by atoms with van der Waals surface area (Å²) in [5.74, 6) is 5.54. The van der Waals surface area contributed by atoms with Crippen LogP contribution in [0.2, 0.25) is 0 Å². The average Bonchev–Trinajstić information content (AvgIpc) is 2.56. The molecular formula is C17H20N2O3. The molecule has 0 atom stereocenters. The fourth-order valence-corrected chi connectivity index (χ4v) is 2.07. The fourth-order valence-electron chi connectivity index (χ4n) is 2.07. The number of amides is 1. The van der Waals surface area contributed by atoms with Gasteiger partial charge in [0.25, 0.3) is 5.91 Å². The molecule has 2 aromatic carbocycles. The van der Waals surface area contributed by atoms with Gasteiger partial charge in [-0.1, -0.05) is 30.3 Å². The minimum absolute atomic E-state index is 0.340. The van der Waals surface area contributed by atoms with Crippen molar-refractivity contribution in [2.75, 3.05) is 6.61 Å². The van der Waals surface area contributed by atoms with Gasteiger partial charge in [-0.3, -0.25) is 10.2 Å². The first-order valence-corrected chi connectivity index (χ1v) is 7.13.